The number of hydrogen-bond acceptors (Lipinski definition) is 4. The lowest BCUT2D eigenvalue weighted by Crippen LogP contribution is -2.23. The van der Waals surface area contributed by atoms with Crippen LogP contribution < -0.4 is 10.1 Å². The molecule has 1 aromatic carbocycles. The van der Waals surface area contributed by atoms with Crippen molar-refractivity contribution in [1.29, 1.82) is 0 Å². The Morgan fingerprint density at radius 3 is 2.48 bits per heavy atom. The molecule has 2 aromatic rings. The third-order valence-electron chi connectivity index (χ3n) is 3.70. The third kappa shape index (κ3) is 3.24. The van der Waals surface area contributed by atoms with Crippen molar-refractivity contribution in [2.75, 3.05) is 7.11 Å². The summed E-state index contributed by atoms with van der Waals surface area (Å²) in [5.74, 6) is 0.707. The van der Waals surface area contributed by atoms with Crippen LogP contribution in [0.5, 0.6) is 5.75 Å². The van der Waals surface area contributed by atoms with E-state index in [1.54, 1.807) is 6.07 Å². The van der Waals surface area contributed by atoms with Crippen molar-refractivity contribution < 1.29 is 13.7 Å². The summed E-state index contributed by atoms with van der Waals surface area (Å²) in [6.45, 7) is 7.85. The Kier molecular flexibility index (Phi) is 4.63. The summed E-state index contributed by atoms with van der Waals surface area (Å²) in [5, 5.41) is 7.40. The molecule has 5 heteroatoms. The highest BCUT2D eigenvalue weighted by atomic mass is 19.1. The molecule has 0 bridgehead atoms. The Balaban J connectivity index is 2.14. The first-order valence-electron chi connectivity index (χ1n) is 6.96. The van der Waals surface area contributed by atoms with Gasteiger partial charge in [-0.3, -0.25) is 0 Å². The van der Waals surface area contributed by atoms with E-state index in [4.69, 9.17) is 9.26 Å². The van der Waals surface area contributed by atoms with E-state index in [-0.39, 0.29) is 23.7 Å². The SMILES string of the molecule is COc1ccc(C(C)NC(C)c2c(C)noc2C)cc1F. The molecule has 0 saturated carbocycles. The van der Waals surface area contributed by atoms with Gasteiger partial charge in [0.15, 0.2) is 11.6 Å². The first kappa shape index (κ1) is 15.5. The van der Waals surface area contributed by atoms with Crippen molar-refractivity contribution in [3.05, 3.63) is 46.6 Å². The van der Waals surface area contributed by atoms with Gasteiger partial charge in [-0.05, 0) is 45.4 Å². The molecule has 4 nitrogen and oxygen atoms in total. The van der Waals surface area contributed by atoms with Crippen LogP contribution in [0, 0.1) is 19.7 Å². The van der Waals surface area contributed by atoms with Crippen molar-refractivity contribution in [1.82, 2.24) is 10.5 Å². The molecule has 114 valence electrons. The molecule has 0 aliphatic heterocycles. The molecule has 1 heterocycles. The highest BCUT2D eigenvalue weighted by Gasteiger charge is 2.19. The monoisotopic (exact) mass is 292 g/mol. The summed E-state index contributed by atoms with van der Waals surface area (Å²) in [6, 6.07) is 5.06. The van der Waals surface area contributed by atoms with E-state index < -0.39 is 0 Å². The van der Waals surface area contributed by atoms with E-state index >= 15 is 0 Å². The lowest BCUT2D eigenvalue weighted by molar-refractivity contribution is 0.384. The van der Waals surface area contributed by atoms with E-state index in [2.05, 4.69) is 10.5 Å². The first-order chi connectivity index (χ1) is 9.93. The van der Waals surface area contributed by atoms with Crippen molar-refractivity contribution in [3.63, 3.8) is 0 Å². The van der Waals surface area contributed by atoms with Gasteiger partial charge < -0.3 is 14.6 Å². The minimum atomic E-state index is -0.353. The number of benzene rings is 1. The average molecular weight is 292 g/mol. The predicted molar refractivity (Wildman–Crippen MR) is 78.9 cm³/mol. The van der Waals surface area contributed by atoms with Gasteiger partial charge in [0.25, 0.3) is 0 Å². The van der Waals surface area contributed by atoms with Crippen LogP contribution in [0.25, 0.3) is 0 Å². The largest absolute Gasteiger partial charge is 0.494 e. The van der Waals surface area contributed by atoms with Crippen molar-refractivity contribution in [3.8, 4) is 5.75 Å². The Bertz CT molecular complexity index is 605. The summed E-state index contributed by atoms with van der Waals surface area (Å²) in [4.78, 5) is 0. The maximum atomic E-state index is 13.8. The maximum Gasteiger partial charge on any atom is 0.165 e. The quantitative estimate of drug-likeness (QED) is 0.909. The van der Waals surface area contributed by atoms with E-state index in [1.165, 1.54) is 13.2 Å². The van der Waals surface area contributed by atoms with Gasteiger partial charge in [-0.15, -0.1) is 0 Å². The van der Waals surface area contributed by atoms with E-state index in [0.29, 0.717) is 0 Å². The second-order valence-electron chi connectivity index (χ2n) is 5.24. The first-order valence-corrected chi connectivity index (χ1v) is 6.96. The molecule has 0 aliphatic carbocycles. The normalized spacial score (nSPS) is 14.0. The van der Waals surface area contributed by atoms with Crippen molar-refractivity contribution in [2.24, 2.45) is 0 Å². The zero-order valence-electron chi connectivity index (χ0n) is 13.0. The molecule has 0 radical (unpaired) electrons. The Morgan fingerprint density at radius 1 is 1.24 bits per heavy atom. The lowest BCUT2D eigenvalue weighted by Gasteiger charge is -2.20. The number of aromatic nitrogens is 1. The van der Waals surface area contributed by atoms with Gasteiger partial charge in [-0.25, -0.2) is 4.39 Å². The summed E-state index contributed by atoms with van der Waals surface area (Å²) in [7, 11) is 1.46. The number of hydrogen-bond donors (Lipinski definition) is 1. The highest BCUT2D eigenvalue weighted by Crippen LogP contribution is 2.26. The molecular weight excluding hydrogens is 271 g/mol. The molecule has 1 aromatic heterocycles. The van der Waals surface area contributed by atoms with Gasteiger partial charge in [0.1, 0.15) is 5.76 Å². The molecule has 0 saturated heterocycles. The zero-order chi connectivity index (χ0) is 15.6. The number of nitrogens with one attached hydrogen (secondary N) is 1. The van der Waals surface area contributed by atoms with Crippen LogP contribution in [0.2, 0.25) is 0 Å². The topological polar surface area (TPSA) is 47.3 Å². The van der Waals surface area contributed by atoms with Gasteiger partial charge in [0.2, 0.25) is 0 Å². The van der Waals surface area contributed by atoms with E-state index in [1.807, 2.05) is 33.8 Å². The smallest absolute Gasteiger partial charge is 0.165 e. The molecule has 21 heavy (non-hydrogen) atoms. The lowest BCUT2D eigenvalue weighted by atomic mass is 10.0. The number of ether oxygens (including phenoxy) is 1. The fourth-order valence-electron chi connectivity index (χ4n) is 2.61. The standard InChI is InChI=1S/C16H21FN2O2/c1-9(13-6-7-15(20-5)14(17)8-13)18-10(2)16-11(3)19-21-12(16)4/h6-10,18H,1-5H3. The van der Waals surface area contributed by atoms with E-state index in [9.17, 15) is 4.39 Å². The fourth-order valence-corrected chi connectivity index (χ4v) is 2.61. The minimum Gasteiger partial charge on any atom is -0.494 e. The second-order valence-corrected chi connectivity index (χ2v) is 5.24. The molecule has 2 atom stereocenters. The second kappa shape index (κ2) is 6.26. The number of methoxy groups -OCH3 is 1. The number of aryl methyl sites for hydroxylation is 2. The average Bonchev–Trinajstić information content (AvgIpc) is 2.77. The molecular formula is C16H21FN2O2. The van der Waals surface area contributed by atoms with Crippen LogP contribution in [0.15, 0.2) is 22.7 Å². The summed E-state index contributed by atoms with van der Waals surface area (Å²) in [5.41, 5.74) is 2.79. The molecule has 0 amide bonds. The molecule has 0 fully saturated rings. The van der Waals surface area contributed by atoms with Crippen molar-refractivity contribution in [2.45, 2.75) is 39.8 Å². The van der Waals surface area contributed by atoms with Crippen LogP contribution in [0.4, 0.5) is 4.39 Å². The van der Waals surface area contributed by atoms with Crippen LogP contribution in [0.3, 0.4) is 0 Å². The minimum absolute atomic E-state index is 0.00546. The van der Waals surface area contributed by atoms with Crippen LogP contribution in [-0.4, -0.2) is 12.3 Å². The Hall–Kier alpha value is -1.88. The third-order valence-corrected chi connectivity index (χ3v) is 3.70. The Labute approximate surface area is 124 Å². The van der Waals surface area contributed by atoms with Gasteiger partial charge in [-0.2, -0.15) is 0 Å². The molecule has 0 spiro atoms. The van der Waals surface area contributed by atoms with Gasteiger partial charge in [0.05, 0.1) is 12.8 Å². The predicted octanol–water partition coefficient (Wildman–Crippen LogP) is 3.85. The molecule has 2 rings (SSSR count). The number of nitrogens with zero attached hydrogens (tertiary/aromatic N) is 1. The molecule has 1 N–H and O–H groups in total. The zero-order valence-corrected chi connectivity index (χ0v) is 13.0. The van der Waals surface area contributed by atoms with Gasteiger partial charge in [-0.1, -0.05) is 11.2 Å². The van der Waals surface area contributed by atoms with E-state index in [0.717, 1.165) is 22.6 Å². The number of rotatable bonds is 5. The van der Waals surface area contributed by atoms with Gasteiger partial charge in [0, 0.05) is 17.6 Å². The summed E-state index contributed by atoms with van der Waals surface area (Å²) >= 11 is 0. The van der Waals surface area contributed by atoms with Gasteiger partial charge >= 0.3 is 0 Å². The highest BCUT2D eigenvalue weighted by molar-refractivity contribution is 5.31. The fraction of sp³-hybridized carbons (Fsp3) is 0.438. The maximum absolute atomic E-state index is 13.8. The van der Waals surface area contributed by atoms with Crippen LogP contribution in [0.1, 0.15) is 48.5 Å². The van der Waals surface area contributed by atoms with Crippen LogP contribution >= 0.6 is 0 Å². The summed E-state index contributed by atoms with van der Waals surface area (Å²) < 4.78 is 23.9. The van der Waals surface area contributed by atoms with Crippen molar-refractivity contribution >= 4 is 0 Å². The Morgan fingerprint density at radius 2 is 1.95 bits per heavy atom. The van der Waals surface area contributed by atoms with Crippen LogP contribution in [-0.2, 0) is 0 Å². The molecule has 2 unspecified atom stereocenters. The summed E-state index contributed by atoms with van der Waals surface area (Å²) in [6.07, 6.45) is 0. The molecule has 0 aliphatic rings. The number of halogens is 1.